The van der Waals surface area contributed by atoms with E-state index in [4.69, 9.17) is 4.74 Å². The Labute approximate surface area is 137 Å². The minimum atomic E-state index is -1.02. The van der Waals surface area contributed by atoms with Crippen LogP contribution in [0.4, 0.5) is 4.79 Å². The monoisotopic (exact) mass is 313 g/mol. The maximum absolute atomic E-state index is 11.9. The summed E-state index contributed by atoms with van der Waals surface area (Å²) in [5, 5.41) is 11.1. The Kier molecular flexibility index (Phi) is 4.32. The minimum absolute atomic E-state index is 0.00709. The van der Waals surface area contributed by atoms with Crippen molar-refractivity contribution in [2.24, 2.45) is 5.92 Å². The summed E-state index contributed by atoms with van der Waals surface area (Å²) < 4.78 is 4.88. The Bertz CT molecular complexity index is 660. The van der Waals surface area contributed by atoms with Gasteiger partial charge in [-0.15, -0.1) is 0 Å². The second-order valence-corrected chi connectivity index (χ2v) is 6.56. The largest absolute Gasteiger partial charge is 0.453 e. The number of amides is 1. The summed E-state index contributed by atoms with van der Waals surface area (Å²) in [6.45, 7) is 2.52. The van der Waals surface area contributed by atoms with Crippen LogP contribution in [0.1, 0.15) is 36.8 Å². The third-order valence-electron chi connectivity index (χ3n) is 5.08. The molecule has 0 aromatic heterocycles. The van der Waals surface area contributed by atoms with Crippen LogP contribution < -0.4 is 0 Å². The molecule has 0 spiro atoms. The number of carbonyl (C=O) groups is 1. The van der Waals surface area contributed by atoms with Crippen LogP contribution in [0, 0.1) is 24.7 Å². The molecule has 0 bridgehead atoms. The molecular weight excluding hydrogens is 290 g/mol. The predicted octanol–water partition coefficient (Wildman–Crippen LogP) is 2.72. The van der Waals surface area contributed by atoms with Gasteiger partial charge in [0.2, 0.25) is 0 Å². The molecule has 1 saturated heterocycles. The molecule has 122 valence electrons. The summed E-state index contributed by atoms with van der Waals surface area (Å²) in [7, 11) is 1.41. The van der Waals surface area contributed by atoms with Gasteiger partial charge in [0.25, 0.3) is 0 Å². The van der Waals surface area contributed by atoms with Crippen molar-refractivity contribution in [2.75, 3.05) is 13.7 Å². The molecule has 4 nitrogen and oxygen atoms in total. The summed E-state index contributed by atoms with van der Waals surface area (Å²) in [6.07, 6.45) is 3.00. The second-order valence-electron chi connectivity index (χ2n) is 6.56. The Hall–Kier alpha value is -1.99. The number of likely N-dealkylation sites (tertiary alicyclic amines) is 1. The molecule has 1 amide bonds. The van der Waals surface area contributed by atoms with E-state index in [2.05, 4.69) is 11.8 Å². The number of methoxy groups -OCH3 is 1. The number of hydrogen-bond donors (Lipinski definition) is 1. The van der Waals surface area contributed by atoms with E-state index in [0.717, 1.165) is 30.4 Å². The van der Waals surface area contributed by atoms with E-state index in [9.17, 15) is 9.90 Å². The first-order valence-corrected chi connectivity index (χ1v) is 8.20. The fraction of sp³-hybridized carbons (Fsp3) is 0.526. The number of aryl methyl sites for hydroxylation is 1. The average Bonchev–Trinajstić information content (AvgIpc) is 3.04. The molecule has 2 aliphatic rings. The SMILES string of the molecule is COC(=O)N1CC[C@](O)(C#Cc2cccc(C)c2)C2CCCC21. The molecule has 1 heterocycles. The van der Waals surface area contributed by atoms with E-state index in [0.29, 0.717) is 13.0 Å². The quantitative estimate of drug-likeness (QED) is 0.749. The third kappa shape index (κ3) is 3.07. The fourth-order valence-electron chi connectivity index (χ4n) is 3.92. The number of benzene rings is 1. The van der Waals surface area contributed by atoms with Crippen LogP contribution in [0.2, 0.25) is 0 Å². The number of ether oxygens (including phenoxy) is 1. The molecule has 1 aliphatic carbocycles. The molecule has 23 heavy (non-hydrogen) atoms. The van der Waals surface area contributed by atoms with Crippen molar-refractivity contribution in [3.63, 3.8) is 0 Å². The lowest BCUT2D eigenvalue weighted by Crippen LogP contribution is -2.56. The molecular formula is C19H23NO3. The first-order chi connectivity index (χ1) is 11.0. The van der Waals surface area contributed by atoms with Crippen LogP contribution in [0.5, 0.6) is 0 Å². The van der Waals surface area contributed by atoms with Crippen molar-refractivity contribution in [3.8, 4) is 11.8 Å². The highest BCUT2D eigenvalue weighted by atomic mass is 16.5. The summed E-state index contributed by atoms with van der Waals surface area (Å²) >= 11 is 0. The smallest absolute Gasteiger partial charge is 0.409 e. The maximum Gasteiger partial charge on any atom is 0.409 e. The Balaban J connectivity index is 1.84. The van der Waals surface area contributed by atoms with Gasteiger partial charge in [0, 0.05) is 30.5 Å². The van der Waals surface area contributed by atoms with E-state index in [1.807, 2.05) is 31.2 Å². The van der Waals surface area contributed by atoms with Crippen molar-refractivity contribution in [3.05, 3.63) is 35.4 Å². The van der Waals surface area contributed by atoms with Crippen LogP contribution in [0.3, 0.4) is 0 Å². The van der Waals surface area contributed by atoms with Crippen LogP contribution in [0.15, 0.2) is 24.3 Å². The molecule has 0 radical (unpaired) electrons. The Morgan fingerprint density at radius 1 is 1.43 bits per heavy atom. The van der Waals surface area contributed by atoms with E-state index in [1.54, 1.807) is 4.90 Å². The number of hydrogen-bond acceptors (Lipinski definition) is 3. The number of carbonyl (C=O) groups excluding carboxylic acids is 1. The molecule has 2 unspecified atom stereocenters. The number of rotatable bonds is 0. The summed E-state index contributed by atoms with van der Waals surface area (Å²) in [5.74, 6) is 6.26. The highest BCUT2D eigenvalue weighted by Crippen LogP contribution is 2.42. The van der Waals surface area contributed by atoms with Crippen molar-refractivity contribution < 1.29 is 14.6 Å². The number of fused-ring (bicyclic) bond motifs is 1. The van der Waals surface area contributed by atoms with Gasteiger partial charge in [-0.05, 0) is 37.5 Å². The second kappa shape index (κ2) is 6.25. The lowest BCUT2D eigenvalue weighted by Gasteiger charge is -2.44. The summed E-state index contributed by atoms with van der Waals surface area (Å²) in [5.41, 5.74) is 1.06. The van der Waals surface area contributed by atoms with Gasteiger partial charge >= 0.3 is 6.09 Å². The van der Waals surface area contributed by atoms with Gasteiger partial charge in [-0.1, -0.05) is 30.4 Å². The van der Waals surface area contributed by atoms with Crippen LogP contribution in [-0.4, -0.2) is 41.4 Å². The molecule has 1 N–H and O–H groups in total. The molecule has 3 atom stereocenters. The fourth-order valence-corrected chi connectivity index (χ4v) is 3.92. The molecule has 3 rings (SSSR count). The van der Waals surface area contributed by atoms with Crippen molar-refractivity contribution >= 4 is 6.09 Å². The van der Waals surface area contributed by atoms with Gasteiger partial charge in [0.15, 0.2) is 0 Å². The van der Waals surface area contributed by atoms with E-state index < -0.39 is 5.60 Å². The molecule has 1 aromatic carbocycles. The standard InChI is InChI=1S/C19H23NO3/c1-14-5-3-6-15(13-14)9-10-19(22)11-12-20(18(21)23-2)17-8-4-7-16(17)19/h3,5-6,13,16-17,22H,4,7-8,11-12H2,1-2H3/t16?,17?,19-/m1/s1. The summed E-state index contributed by atoms with van der Waals surface area (Å²) in [4.78, 5) is 13.7. The van der Waals surface area contributed by atoms with Crippen molar-refractivity contribution in [2.45, 2.75) is 44.2 Å². The van der Waals surface area contributed by atoms with Gasteiger partial charge in [-0.2, -0.15) is 0 Å². The number of nitrogens with zero attached hydrogens (tertiary/aromatic N) is 1. The molecule has 2 fully saturated rings. The molecule has 1 saturated carbocycles. The van der Waals surface area contributed by atoms with E-state index >= 15 is 0 Å². The molecule has 1 aromatic rings. The topological polar surface area (TPSA) is 49.8 Å². The maximum atomic E-state index is 11.9. The normalized spacial score (nSPS) is 29.4. The van der Waals surface area contributed by atoms with Gasteiger partial charge in [0.05, 0.1) is 7.11 Å². The zero-order valence-electron chi connectivity index (χ0n) is 13.7. The average molecular weight is 313 g/mol. The highest BCUT2D eigenvalue weighted by Gasteiger charge is 2.50. The van der Waals surface area contributed by atoms with Crippen molar-refractivity contribution in [1.29, 1.82) is 0 Å². The van der Waals surface area contributed by atoms with Gasteiger partial charge in [-0.25, -0.2) is 4.79 Å². The van der Waals surface area contributed by atoms with Crippen LogP contribution >= 0.6 is 0 Å². The Morgan fingerprint density at radius 3 is 3.00 bits per heavy atom. The summed E-state index contributed by atoms with van der Waals surface area (Å²) in [6, 6.07) is 8.02. The van der Waals surface area contributed by atoms with E-state index in [1.165, 1.54) is 7.11 Å². The lowest BCUT2D eigenvalue weighted by molar-refractivity contribution is -0.0437. The van der Waals surface area contributed by atoms with Gasteiger partial charge in [-0.3, -0.25) is 0 Å². The molecule has 1 aliphatic heterocycles. The predicted molar refractivity (Wildman–Crippen MR) is 87.9 cm³/mol. The minimum Gasteiger partial charge on any atom is -0.453 e. The first kappa shape index (κ1) is 15.9. The van der Waals surface area contributed by atoms with Crippen LogP contribution in [0.25, 0.3) is 0 Å². The zero-order valence-corrected chi connectivity index (χ0v) is 13.7. The van der Waals surface area contributed by atoms with E-state index in [-0.39, 0.29) is 18.1 Å². The Morgan fingerprint density at radius 2 is 2.26 bits per heavy atom. The number of piperidine rings is 1. The third-order valence-corrected chi connectivity index (χ3v) is 5.08. The zero-order chi connectivity index (χ0) is 16.4. The molecule has 4 heteroatoms. The van der Waals surface area contributed by atoms with Crippen LogP contribution in [-0.2, 0) is 4.74 Å². The number of aliphatic hydroxyl groups is 1. The lowest BCUT2D eigenvalue weighted by atomic mass is 9.77. The van der Waals surface area contributed by atoms with Gasteiger partial charge < -0.3 is 14.7 Å². The van der Waals surface area contributed by atoms with Gasteiger partial charge in [0.1, 0.15) is 5.60 Å². The van der Waals surface area contributed by atoms with Crippen molar-refractivity contribution in [1.82, 2.24) is 4.90 Å². The highest BCUT2D eigenvalue weighted by molar-refractivity contribution is 5.68. The first-order valence-electron chi connectivity index (χ1n) is 8.20.